The fourth-order valence-corrected chi connectivity index (χ4v) is 2.33. The Balaban J connectivity index is 1.78. The second-order valence-corrected chi connectivity index (χ2v) is 4.43. The monoisotopic (exact) mass is 170 g/mol. The summed E-state index contributed by atoms with van der Waals surface area (Å²) in [5.74, 6) is 0.184. The fourth-order valence-electron chi connectivity index (χ4n) is 2.33. The zero-order chi connectivity index (χ0) is 8.34. The Morgan fingerprint density at radius 2 is 2.08 bits per heavy atom. The van der Waals surface area contributed by atoms with Gasteiger partial charge in [-0.15, -0.1) is 0 Å². The molecule has 3 rings (SSSR count). The van der Waals surface area contributed by atoms with Gasteiger partial charge >= 0.3 is 0 Å². The van der Waals surface area contributed by atoms with E-state index in [0.29, 0.717) is 24.2 Å². The lowest BCUT2D eigenvalue weighted by Gasteiger charge is -2.38. The first-order valence-electron chi connectivity index (χ1n) is 4.63. The summed E-state index contributed by atoms with van der Waals surface area (Å²) in [5.41, 5.74) is 0. The topological polar surface area (TPSA) is 31.0 Å². The lowest BCUT2D eigenvalue weighted by atomic mass is 10.0. The summed E-state index contributed by atoms with van der Waals surface area (Å²) in [7, 11) is 0. The van der Waals surface area contributed by atoms with E-state index in [4.69, 9.17) is 14.2 Å². The molecule has 2 saturated heterocycles. The van der Waals surface area contributed by atoms with Crippen LogP contribution in [0.1, 0.15) is 20.3 Å². The summed E-state index contributed by atoms with van der Waals surface area (Å²) >= 11 is 0. The Morgan fingerprint density at radius 1 is 1.25 bits per heavy atom. The zero-order valence-corrected chi connectivity index (χ0v) is 7.45. The van der Waals surface area contributed by atoms with Crippen LogP contribution in [0, 0.1) is 5.92 Å². The SMILES string of the molecule is CC1(C)OC[C@@H]2C[C@@H]3O[C@@H]3[C@@H]2O1. The van der Waals surface area contributed by atoms with Gasteiger partial charge in [-0.3, -0.25) is 0 Å². The van der Waals surface area contributed by atoms with Gasteiger partial charge in [0.2, 0.25) is 0 Å². The Hall–Kier alpha value is -0.120. The molecule has 1 aliphatic carbocycles. The summed E-state index contributed by atoms with van der Waals surface area (Å²) in [6, 6.07) is 0. The van der Waals surface area contributed by atoms with Crippen LogP contribution in [0.15, 0.2) is 0 Å². The van der Waals surface area contributed by atoms with Gasteiger partial charge in [0.25, 0.3) is 0 Å². The van der Waals surface area contributed by atoms with Crippen LogP contribution in [0.4, 0.5) is 0 Å². The minimum Gasteiger partial charge on any atom is -0.367 e. The molecule has 2 heterocycles. The van der Waals surface area contributed by atoms with E-state index >= 15 is 0 Å². The third-order valence-electron chi connectivity index (χ3n) is 3.01. The molecule has 0 aromatic heterocycles. The van der Waals surface area contributed by atoms with Crippen LogP contribution in [0.5, 0.6) is 0 Å². The number of rotatable bonds is 0. The van der Waals surface area contributed by atoms with E-state index in [2.05, 4.69) is 0 Å². The predicted octanol–water partition coefficient (Wildman–Crippen LogP) is 0.925. The Kier molecular flexibility index (Phi) is 1.23. The maximum Gasteiger partial charge on any atom is 0.163 e. The first kappa shape index (κ1) is 7.30. The highest BCUT2D eigenvalue weighted by atomic mass is 16.7. The van der Waals surface area contributed by atoms with Crippen LogP contribution in [0.2, 0.25) is 0 Å². The van der Waals surface area contributed by atoms with E-state index in [1.54, 1.807) is 0 Å². The smallest absolute Gasteiger partial charge is 0.163 e. The molecule has 0 N–H and O–H groups in total. The van der Waals surface area contributed by atoms with Crippen molar-refractivity contribution in [3.63, 3.8) is 0 Å². The molecule has 0 spiro atoms. The van der Waals surface area contributed by atoms with E-state index < -0.39 is 5.79 Å². The van der Waals surface area contributed by atoms with Crippen LogP contribution in [-0.2, 0) is 14.2 Å². The Morgan fingerprint density at radius 3 is 2.92 bits per heavy atom. The van der Waals surface area contributed by atoms with Crippen LogP contribution in [0.3, 0.4) is 0 Å². The molecule has 0 unspecified atom stereocenters. The highest BCUT2D eigenvalue weighted by Crippen LogP contribution is 2.47. The fraction of sp³-hybridized carbons (Fsp3) is 1.00. The zero-order valence-electron chi connectivity index (χ0n) is 7.45. The van der Waals surface area contributed by atoms with E-state index in [1.165, 1.54) is 0 Å². The van der Waals surface area contributed by atoms with E-state index in [1.807, 2.05) is 13.8 Å². The van der Waals surface area contributed by atoms with Crippen LogP contribution in [0.25, 0.3) is 0 Å². The normalized spacial score (nSPS) is 54.5. The van der Waals surface area contributed by atoms with Crippen molar-refractivity contribution in [1.82, 2.24) is 0 Å². The number of hydrogen-bond acceptors (Lipinski definition) is 3. The molecule has 3 nitrogen and oxygen atoms in total. The molecule has 0 aromatic carbocycles. The van der Waals surface area contributed by atoms with Gasteiger partial charge in [0.1, 0.15) is 6.10 Å². The quantitative estimate of drug-likeness (QED) is 0.507. The molecule has 0 amide bonds. The van der Waals surface area contributed by atoms with Gasteiger partial charge in [0, 0.05) is 5.92 Å². The molecule has 12 heavy (non-hydrogen) atoms. The molecule has 68 valence electrons. The van der Waals surface area contributed by atoms with E-state index in [0.717, 1.165) is 13.0 Å². The first-order valence-corrected chi connectivity index (χ1v) is 4.63. The van der Waals surface area contributed by atoms with Gasteiger partial charge in [-0.25, -0.2) is 0 Å². The highest BCUT2D eigenvalue weighted by molar-refractivity contribution is 5.05. The van der Waals surface area contributed by atoms with E-state index in [-0.39, 0.29) is 0 Å². The summed E-state index contributed by atoms with van der Waals surface area (Å²) in [6.07, 6.45) is 2.31. The largest absolute Gasteiger partial charge is 0.367 e. The molecular formula is C9H14O3. The second-order valence-electron chi connectivity index (χ2n) is 4.43. The minimum atomic E-state index is -0.401. The van der Waals surface area contributed by atoms with Crippen molar-refractivity contribution in [2.75, 3.05) is 6.61 Å². The van der Waals surface area contributed by atoms with Crippen LogP contribution < -0.4 is 0 Å². The molecule has 0 radical (unpaired) electrons. The average molecular weight is 170 g/mol. The lowest BCUT2D eigenvalue weighted by Crippen LogP contribution is -2.45. The maximum atomic E-state index is 5.80. The molecule has 3 heteroatoms. The Labute approximate surface area is 72.0 Å². The highest BCUT2D eigenvalue weighted by Gasteiger charge is 2.59. The van der Waals surface area contributed by atoms with Gasteiger partial charge in [-0.2, -0.15) is 0 Å². The van der Waals surface area contributed by atoms with Crippen molar-refractivity contribution in [3.8, 4) is 0 Å². The third kappa shape index (κ3) is 0.934. The van der Waals surface area contributed by atoms with Crippen molar-refractivity contribution < 1.29 is 14.2 Å². The van der Waals surface area contributed by atoms with Gasteiger partial charge in [0.15, 0.2) is 5.79 Å². The molecular weight excluding hydrogens is 156 g/mol. The second kappa shape index (κ2) is 2.03. The summed E-state index contributed by atoms with van der Waals surface area (Å²) < 4.78 is 16.8. The molecule has 0 aromatic rings. The summed E-state index contributed by atoms with van der Waals surface area (Å²) in [6.45, 7) is 4.78. The number of hydrogen-bond donors (Lipinski definition) is 0. The molecule has 3 fully saturated rings. The molecule has 1 saturated carbocycles. The third-order valence-corrected chi connectivity index (χ3v) is 3.01. The van der Waals surface area contributed by atoms with Crippen molar-refractivity contribution in [1.29, 1.82) is 0 Å². The van der Waals surface area contributed by atoms with Crippen molar-refractivity contribution in [3.05, 3.63) is 0 Å². The first-order chi connectivity index (χ1) is 5.66. The standard InChI is InChI=1S/C9H14O3/c1-9(2)10-4-5-3-6-8(11-6)7(5)12-9/h5-8H,3-4H2,1-2H3/t5-,6-,7+,8-/m0/s1. The lowest BCUT2D eigenvalue weighted by molar-refractivity contribution is -0.294. The summed E-state index contributed by atoms with van der Waals surface area (Å²) in [5, 5.41) is 0. The van der Waals surface area contributed by atoms with Gasteiger partial charge in [-0.1, -0.05) is 0 Å². The molecule has 4 atom stereocenters. The molecule has 3 aliphatic rings. The van der Waals surface area contributed by atoms with E-state index in [9.17, 15) is 0 Å². The van der Waals surface area contributed by atoms with Gasteiger partial charge < -0.3 is 14.2 Å². The number of epoxide rings is 1. The minimum absolute atomic E-state index is 0.304. The van der Waals surface area contributed by atoms with Crippen molar-refractivity contribution in [2.24, 2.45) is 5.92 Å². The van der Waals surface area contributed by atoms with Crippen LogP contribution in [-0.4, -0.2) is 30.7 Å². The molecule has 0 bridgehead atoms. The Bertz CT molecular complexity index is 214. The summed E-state index contributed by atoms with van der Waals surface area (Å²) in [4.78, 5) is 0. The van der Waals surface area contributed by atoms with Crippen molar-refractivity contribution >= 4 is 0 Å². The van der Waals surface area contributed by atoms with Gasteiger partial charge in [0.05, 0.1) is 18.8 Å². The van der Waals surface area contributed by atoms with Gasteiger partial charge in [-0.05, 0) is 20.3 Å². The number of fused-ring (bicyclic) bond motifs is 3. The van der Waals surface area contributed by atoms with Crippen molar-refractivity contribution in [2.45, 2.75) is 44.4 Å². The maximum absolute atomic E-state index is 5.80. The van der Waals surface area contributed by atoms with Crippen LogP contribution >= 0.6 is 0 Å². The molecule has 2 aliphatic heterocycles. The predicted molar refractivity (Wildman–Crippen MR) is 41.7 cm³/mol. The average Bonchev–Trinajstić information content (AvgIpc) is 2.67. The number of ether oxygens (including phenoxy) is 3.